The molecule has 0 spiro atoms. The maximum absolute atomic E-state index is 13.8. The lowest BCUT2D eigenvalue weighted by Gasteiger charge is -2.29. The molecule has 0 fully saturated rings. The van der Waals surface area contributed by atoms with Gasteiger partial charge >= 0.3 is 6.18 Å². The van der Waals surface area contributed by atoms with Gasteiger partial charge in [-0.2, -0.15) is 13.2 Å². The number of nitrogens with one attached hydrogen (secondary N) is 1. The van der Waals surface area contributed by atoms with Crippen molar-refractivity contribution < 1.29 is 18.0 Å². The van der Waals surface area contributed by atoms with Crippen molar-refractivity contribution in [2.24, 2.45) is 0 Å². The molecule has 1 aromatic carbocycles. The van der Waals surface area contributed by atoms with E-state index >= 15 is 0 Å². The predicted molar refractivity (Wildman–Crippen MR) is 96.2 cm³/mol. The number of pyridine rings is 1. The standard InChI is InChI=1S/C18H16F3N3OS/c1-11-6-5-8-14(23-11)13-7-3-4-9-15(13)24-12(2)26-17(22-10-25)16(24)18(19,20)21/h3-10,12H,1-2H3,(H,22,25). The first-order chi connectivity index (χ1) is 12.3. The molecule has 1 atom stereocenters. The number of rotatable bonds is 4. The van der Waals surface area contributed by atoms with Gasteiger partial charge in [-0.05, 0) is 32.0 Å². The summed E-state index contributed by atoms with van der Waals surface area (Å²) in [5, 5.41) is 1.44. The van der Waals surface area contributed by atoms with Crippen LogP contribution < -0.4 is 10.2 Å². The van der Waals surface area contributed by atoms with Crippen LogP contribution >= 0.6 is 11.8 Å². The Morgan fingerprint density at radius 3 is 2.58 bits per heavy atom. The Kier molecular flexibility index (Phi) is 4.95. The van der Waals surface area contributed by atoms with E-state index in [4.69, 9.17) is 0 Å². The number of nitrogens with zero attached hydrogens (tertiary/aromatic N) is 2. The Labute approximate surface area is 153 Å². The number of thioether (sulfide) groups is 1. The van der Waals surface area contributed by atoms with Gasteiger partial charge in [-0.15, -0.1) is 0 Å². The number of halogens is 3. The second-order valence-electron chi connectivity index (χ2n) is 5.71. The molecule has 2 heterocycles. The summed E-state index contributed by atoms with van der Waals surface area (Å²) in [6.07, 6.45) is -4.35. The third kappa shape index (κ3) is 3.41. The van der Waals surface area contributed by atoms with E-state index in [9.17, 15) is 18.0 Å². The van der Waals surface area contributed by atoms with Crippen LogP contribution in [0.15, 0.2) is 53.2 Å². The normalized spacial score (nSPS) is 17.6. The van der Waals surface area contributed by atoms with Crippen molar-refractivity contribution in [3.63, 3.8) is 0 Å². The van der Waals surface area contributed by atoms with Gasteiger partial charge in [0.25, 0.3) is 0 Å². The monoisotopic (exact) mass is 379 g/mol. The van der Waals surface area contributed by atoms with Crippen molar-refractivity contribution in [2.45, 2.75) is 25.4 Å². The maximum atomic E-state index is 13.8. The summed E-state index contributed by atoms with van der Waals surface area (Å²) < 4.78 is 41.3. The van der Waals surface area contributed by atoms with Crippen LogP contribution in [0.2, 0.25) is 0 Å². The number of aromatic nitrogens is 1. The molecule has 1 aromatic heterocycles. The first-order valence-corrected chi connectivity index (χ1v) is 8.71. The third-order valence-electron chi connectivity index (χ3n) is 3.89. The van der Waals surface area contributed by atoms with Gasteiger partial charge in [-0.1, -0.05) is 36.0 Å². The van der Waals surface area contributed by atoms with Crippen LogP contribution in [-0.4, -0.2) is 22.9 Å². The van der Waals surface area contributed by atoms with Crippen LogP contribution in [0.4, 0.5) is 18.9 Å². The molecule has 1 aliphatic heterocycles. The van der Waals surface area contributed by atoms with Gasteiger partial charge in [0, 0.05) is 11.3 Å². The molecule has 26 heavy (non-hydrogen) atoms. The van der Waals surface area contributed by atoms with Crippen LogP contribution in [0.25, 0.3) is 11.3 Å². The average molecular weight is 379 g/mol. The second-order valence-corrected chi connectivity index (χ2v) is 7.03. The molecule has 0 bridgehead atoms. The highest BCUT2D eigenvalue weighted by molar-refractivity contribution is 8.04. The summed E-state index contributed by atoms with van der Waals surface area (Å²) in [7, 11) is 0. The largest absolute Gasteiger partial charge is 0.434 e. The van der Waals surface area contributed by atoms with E-state index in [2.05, 4.69) is 10.3 Å². The molecule has 0 radical (unpaired) electrons. The molecular formula is C18H16F3N3OS. The molecule has 4 nitrogen and oxygen atoms in total. The van der Waals surface area contributed by atoms with E-state index in [-0.39, 0.29) is 11.4 Å². The molecular weight excluding hydrogens is 363 g/mol. The smallest absolute Gasteiger partial charge is 0.322 e. The lowest BCUT2D eigenvalue weighted by atomic mass is 10.1. The zero-order valence-corrected chi connectivity index (χ0v) is 14.9. The number of carbonyl (C=O) groups is 1. The van der Waals surface area contributed by atoms with Crippen LogP contribution in [0.5, 0.6) is 0 Å². The molecule has 3 rings (SSSR count). The van der Waals surface area contributed by atoms with Crippen molar-refractivity contribution in [3.8, 4) is 11.3 Å². The number of carbonyl (C=O) groups excluding carboxylic acids is 1. The minimum Gasteiger partial charge on any atom is -0.322 e. The number of aryl methyl sites for hydroxylation is 1. The lowest BCUT2D eigenvalue weighted by molar-refractivity contribution is -0.109. The Morgan fingerprint density at radius 2 is 1.92 bits per heavy atom. The highest BCUT2D eigenvalue weighted by Gasteiger charge is 2.47. The van der Waals surface area contributed by atoms with Crippen LogP contribution in [0.1, 0.15) is 12.6 Å². The fraction of sp³-hybridized carbons (Fsp3) is 0.222. The van der Waals surface area contributed by atoms with Gasteiger partial charge in [0.05, 0.1) is 16.8 Å². The van der Waals surface area contributed by atoms with E-state index < -0.39 is 17.2 Å². The summed E-state index contributed by atoms with van der Waals surface area (Å²) in [5.74, 6) is 0. The summed E-state index contributed by atoms with van der Waals surface area (Å²) in [6, 6.07) is 12.2. The quantitative estimate of drug-likeness (QED) is 0.798. The summed E-state index contributed by atoms with van der Waals surface area (Å²) in [4.78, 5) is 16.4. The fourth-order valence-electron chi connectivity index (χ4n) is 2.90. The molecule has 1 unspecified atom stereocenters. The maximum Gasteiger partial charge on any atom is 0.434 e. The van der Waals surface area contributed by atoms with Crippen molar-refractivity contribution >= 4 is 23.9 Å². The minimum atomic E-state index is -4.61. The number of amides is 1. The first-order valence-electron chi connectivity index (χ1n) is 7.83. The third-order valence-corrected chi connectivity index (χ3v) is 4.99. The van der Waals surface area contributed by atoms with Crippen molar-refractivity contribution in [2.75, 3.05) is 4.90 Å². The number of anilines is 1. The molecule has 0 aliphatic carbocycles. The molecule has 1 N–H and O–H groups in total. The summed E-state index contributed by atoms with van der Waals surface area (Å²) >= 11 is 0.958. The fourth-order valence-corrected chi connectivity index (χ4v) is 4.01. The molecule has 0 saturated carbocycles. The van der Waals surface area contributed by atoms with Gasteiger partial charge < -0.3 is 10.2 Å². The number of allylic oxidation sites excluding steroid dienone is 1. The van der Waals surface area contributed by atoms with Crippen LogP contribution in [-0.2, 0) is 4.79 Å². The summed E-state index contributed by atoms with van der Waals surface area (Å²) in [6.45, 7) is 3.49. The number of hydrogen-bond donors (Lipinski definition) is 1. The molecule has 1 aliphatic rings. The Morgan fingerprint density at radius 1 is 1.19 bits per heavy atom. The van der Waals surface area contributed by atoms with Gasteiger partial charge in [-0.3, -0.25) is 9.78 Å². The highest BCUT2D eigenvalue weighted by Crippen LogP contribution is 2.48. The average Bonchev–Trinajstić information content (AvgIpc) is 2.91. The Bertz CT molecular complexity index is 867. The van der Waals surface area contributed by atoms with E-state index in [1.54, 1.807) is 37.3 Å². The van der Waals surface area contributed by atoms with E-state index in [1.165, 1.54) is 4.90 Å². The molecule has 0 saturated heterocycles. The Balaban J connectivity index is 2.18. The van der Waals surface area contributed by atoms with Crippen molar-refractivity contribution in [3.05, 3.63) is 58.9 Å². The highest BCUT2D eigenvalue weighted by atomic mass is 32.2. The Hall–Kier alpha value is -2.48. The van der Waals surface area contributed by atoms with E-state index in [0.29, 0.717) is 16.9 Å². The zero-order chi connectivity index (χ0) is 18.9. The lowest BCUT2D eigenvalue weighted by Crippen LogP contribution is -2.34. The SMILES string of the molecule is Cc1cccc(-c2ccccc2N2C(C(F)(F)F)=C(NC=O)SC2C)n1. The topological polar surface area (TPSA) is 45.2 Å². The number of para-hydroxylation sites is 1. The molecule has 2 aromatic rings. The zero-order valence-electron chi connectivity index (χ0n) is 14.0. The number of hydrogen-bond acceptors (Lipinski definition) is 4. The van der Waals surface area contributed by atoms with E-state index in [1.807, 2.05) is 19.1 Å². The van der Waals surface area contributed by atoms with Crippen molar-refractivity contribution in [1.82, 2.24) is 10.3 Å². The molecule has 8 heteroatoms. The van der Waals surface area contributed by atoms with Gasteiger partial charge in [0.1, 0.15) is 5.03 Å². The van der Waals surface area contributed by atoms with Crippen LogP contribution in [0, 0.1) is 6.92 Å². The second kappa shape index (κ2) is 7.03. The minimum absolute atomic E-state index is 0.202. The van der Waals surface area contributed by atoms with Gasteiger partial charge in [0.2, 0.25) is 6.41 Å². The number of alkyl halides is 3. The predicted octanol–water partition coefficient (Wildman–Crippen LogP) is 4.43. The van der Waals surface area contributed by atoms with Crippen molar-refractivity contribution in [1.29, 1.82) is 0 Å². The van der Waals surface area contributed by atoms with Gasteiger partial charge in [-0.25, -0.2) is 0 Å². The van der Waals surface area contributed by atoms with Gasteiger partial charge in [0.15, 0.2) is 5.70 Å². The molecule has 136 valence electrons. The summed E-state index contributed by atoms with van der Waals surface area (Å²) in [5.41, 5.74) is 1.48. The van der Waals surface area contributed by atoms with Crippen LogP contribution in [0.3, 0.4) is 0 Å². The number of benzene rings is 1. The first kappa shape index (κ1) is 18.3. The van der Waals surface area contributed by atoms with E-state index in [0.717, 1.165) is 17.5 Å². The molecule has 1 amide bonds.